The molecule has 0 saturated heterocycles. The molecule has 0 radical (unpaired) electrons. The summed E-state index contributed by atoms with van der Waals surface area (Å²) in [5.74, 6) is -0.702. The van der Waals surface area contributed by atoms with Gasteiger partial charge in [0.1, 0.15) is 0 Å². The number of hydrogen-bond donors (Lipinski definition) is 2. The zero-order chi connectivity index (χ0) is 15.2. The molecule has 0 bridgehead atoms. The van der Waals surface area contributed by atoms with Gasteiger partial charge in [-0.2, -0.15) is 0 Å². The Hall–Kier alpha value is -1.55. The first-order valence-corrected chi connectivity index (χ1v) is 7.77. The summed E-state index contributed by atoms with van der Waals surface area (Å²) in [4.78, 5) is 23.7. The fourth-order valence-corrected chi connectivity index (χ4v) is 2.89. The van der Waals surface area contributed by atoms with E-state index in [0.29, 0.717) is 17.5 Å². The van der Waals surface area contributed by atoms with Crippen molar-refractivity contribution in [1.82, 2.24) is 10.6 Å². The summed E-state index contributed by atoms with van der Waals surface area (Å²) >= 11 is 5.88. The Balaban J connectivity index is 1.81. The maximum Gasteiger partial charge on any atom is 0.309 e. The summed E-state index contributed by atoms with van der Waals surface area (Å²) < 4.78 is 0. The number of benzene rings is 1. The Morgan fingerprint density at radius 3 is 2.71 bits per heavy atom. The van der Waals surface area contributed by atoms with Crippen LogP contribution < -0.4 is 10.6 Å². The van der Waals surface area contributed by atoms with Gasteiger partial charge in [0.2, 0.25) is 0 Å². The average Bonchev–Trinajstić information content (AvgIpc) is 2.47. The van der Waals surface area contributed by atoms with Crippen molar-refractivity contribution < 1.29 is 9.59 Å². The first-order valence-electron chi connectivity index (χ1n) is 7.39. The van der Waals surface area contributed by atoms with E-state index in [-0.39, 0.29) is 6.04 Å². The predicted molar refractivity (Wildman–Crippen MR) is 82.9 cm³/mol. The number of carbonyl (C=O) groups is 2. The third-order valence-corrected chi connectivity index (χ3v) is 4.21. The van der Waals surface area contributed by atoms with Crippen LogP contribution in [0.5, 0.6) is 0 Å². The quantitative estimate of drug-likeness (QED) is 0.843. The van der Waals surface area contributed by atoms with Crippen molar-refractivity contribution in [2.24, 2.45) is 5.92 Å². The Kier molecular flexibility index (Phi) is 5.62. The predicted octanol–water partition coefficient (Wildman–Crippen LogP) is 2.65. The van der Waals surface area contributed by atoms with E-state index in [4.69, 9.17) is 11.6 Å². The highest BCUT2D eigenvalue weighted by Gasteiger charge is 2.25. The van der Waals surface area contributed by atoms with Gasteiger partial charge in [-0.1, -0.05) is 43.5 Å². The van der Waals surface area contributed by atoms with Crippen LogP contribution in [0.3, 0.4) is 0 Å². The Morgan fingerprint density at radius 2 is 2.00 bits per heavy atom. The number of carbonyl (C=O) groups excluding carboxylic acids is 2. The molecule has 0 aromatic heterocycles. The monoisotopic (exact) mass is 308 g/mol. The van der Waals surface area contributed by atoms with E-state index < -0.39 is 11.8 Å². The van der Waals surface area contributed by atoms with Crippen LogP contribution in [0.25, 0.3) is 0 Å². The van der Waals surface area contributed by atoms with E-state index >= 15 is 0 Å². The summed E-state index contributed by atoms with van der Waals surface area (Å²) in [6.45, 7) is 2.42. The van der Waals surface area contributed by atoms with Gasteiger partial charge >= 0.3 is 11.8 Å². The molecular weight excluding hydrogens is 288 g/mol. The van der Waals surface area contributed by atoms with Crippen molar-refractivity contribution >= 4 is 23.4 Å². The van der Waals surface area contributed by atoms with Crippen molar-refractivity contribution in [1.29, 1.82) is 0 Å². The van der Waals surface area contributed by atoms with Crippen molar-refractivity contribution in [3.8, 4) is 0 Å². The van der Waals surface area contributed by atoms with E-state index in [1.54, 1.807) is 12.1 Å². The molecule has 0 unspecified atom stereocenters. The molecular formula is C16H21ClN2O2. The number of nitrogens with one attached hydrogen (secondary N) is 2. The van der Waals surface area contributed by atoms with Gasteiger partial charge in [0.25, 0.3) is 0 Å². The van der Waals surface area contributed by atoms with Gasteiger partial charge in [0, 0.05) is 17.6 Å². The lowest BCUT2D eigenvalue weighted by Crippen LogP contribution is -2.47. The van der Waals surface area contributed by atoms with E-state index in [0.717, 1.165) is 24.8 Å². The number of amides is 2. The molecule has 1 aliphatic rings. The largest absolute Gasteiger partial charge is 0.345 e. The highest BCUT2D eigenvalue weighted by atomic mass is 35.5. The topological polar surface area (TPSA) is 58.2 Å². The molecule has 5 heteroatoms. The van der Waals surface area contributed by atoms with Crippen molar-refractivity contribution in [3.63, 3.8) is 0 Å². The molecule has 4 nitrogen and oxygen atoms in total. The van der Waals surface area contributed by atoms with Gasteiger partial charge < -0.3 is 10.6 Å². The van der Waals surface area contributed by atoms with E-state index in [9.17, 15) is 9.59 Å². The zero-order valence-corrected chi connectivity index (χ0v) is 13.0. The standard InChI is InChI=1S/C16H21ClN2O2/c1-11-5-2-3-8-14(11)19-16(21)15(20)18-10-12-6-4-7-13(17)9-12/h4,6-7,9,11,14H,2-3,5,8,10H2,1H3,(H,18,20)(H,19,21)/t11-,14+/m0/s1. The SMILES string of the molecule is C[C@H]1CCCC[C@H]1NC(=O)C(=O)NCc1cccc(Cl)c1. The van der Waals surface area contributed by atoms with Crippen LogP contribution in [0.15, 0.2) is 24.3 Å². The molecule has 2 N–H and O–H groups in total. The van der Waals surface area contributed by atoms with Gasteiger partial charge in [0.05, 0.1) is 0 Å². The molecule has 21 heavy (non-hydrogen) atoms. The highest BCUT2D eigenvalue weighted by Crippen LogP contribution is 2.23. The minimum Gasteiger partial charge on any atom is -0.345 e. The molecule has 1 aromatic rings. The second-order valence-electron chi connectivity index (χ2n) is 5.65. The molecule has 1 aromatic carbocycles. The summed E-state index contributed by atoms with van der Waals surface area (Å²) in [6, 6.07) is 7.32. The first kappa shape index (κ1) is 15.8. The van der Waals surface area contributed by atoms with Gasteiger partial charge in [0.15, 0.2) is 0 Å². The molecule has 2 rings (SSSR count). The summed E-state index contributed by atoms with van der Waals surface area (Å²) in [7, 11) is 0. The van der Waals surface area contributed by atoms with Crippen LogP contribution in [0, 0.1) is 5.92 Å². The third-order valence-electron chi connectivity index (χ3n) is 3.98. The molecule has 1 aliphatic carbocycles. The van der Waals surface area contributed by atoms with Gasteiger partial charge in [-0.25, -0.2) is 0 Å². The molecule has 0 aliphatic heterocycles. The maximum atomic E-state index is 11.9. The van der Waals surface area contributed by atoms with Crippen LogP contribution in [0.2, 0.25) is 5.02 Å². The first-order chi connectivity index (χ1) is 10.1. The minimum absolute atomic E-state index is 0.114. The van der Waals surface area contributed by atoms with Gasteiger partial charge in [-0.05, 0) is 36.5 Å². The van der Waals surface area contributed by atoms with Crippen LogP contribution in [0.1, 0.15) is 38.2 Å². The van der Waals surface area contributed by atoms with Crippen LogP contribution in [0.4, 0.5) is 0 Å². The zero-order valence-electron chi connectivity index (χ0n) is 12.2. The van der Waals surface area contributed by atoms with E-state index in [2.05, 4.69) is 17.6 Å². The lowest BCUT2D eigenvalue weighted by molar-refractivity contribution is -0.140. The van der Waals surface area contributed by atoms with Gasteiger partial charge in [-0.15, -0.1) is 0 Å². The average molecular weight is 309 g/mol. The fraction of sp³-hybridized carbons (Fsp3) is 0.500. The number of hydrogen-bond acceptors (Lipinski definition) is 2. The smallest absolute Gasteiger partial charge is 0.309 e. The van der Waals surface area contributed by atoms with E-state index in [1.807, 2.05) is 12.1 Å². The maximum absolute atomic E-state index is 11.9. The molecule has 2 amide bonds. The van der Waals surface area contributed by atoms with Crippen molar-refractivity contribution in [2.75, 3.05) is 0 Å². The second kappa shape index (κ2) is 7.46. The fourth-order valence-electron chi connectivity index (χ4n) is 2.67. The molecule has 1 fully saturated rings. The number of halogens is 1. The van der Waals surface area contributed by atoms with Gasteiger partial charge in [-0.3, -0.25) is 9.59 Å². The third kappa shape index (κ3) is 4.74. The van der Waals surface area contributed by atoms with Crippen LogP contribution in [-0.2, 0) is 16.1 Å². The summed E-state index contributed by atoms with van der Waals surface area (Å²) in [5.41, 5.74) is 0.870. The highest BCUT2D eigenvalue weighted by molar-refractivity contribution is 6.35. The van der Waals surface area contributed by atoms with Crippen LogP contribution in [-0.4, -0.2) is 17.9 Å². The summed E-state index contributed by atoms with van der Waals surface area (Å²) in [6.07, 6.45) is 4.37. The Labute approximate surface area is 130 Å². The molecule has 0 heterocycles. The summed E-state index contributed by atoms with van der Waals surface area (Å²) in [5, 5.41) is 6.07. The number of rotatable bonds is 3. The van der Waals surface area contributed by atoms with Crippen molar-refractivity contribution in [2.45, 2.75) is 45.2 Å². The molecule has 0 spiro atoms. The normalized spacial score (nSPS) is 21.6. The lowest BCUT2D eigenvalue weighted by Gasteiger charge is -2.29. The van der Waals surface area contributed by atoms with E-state index in [1.165, 1.54) is 6.42 Å². The van der Waals surface area contributed by atoms with Crippen molar-refractivity contribution in [3.05, 3.63) is 34.9 Å². The molecule has 2 atom stereocenters. The molecule has 1 saturated carbocycles. The lowest BCUT2D eigenvalue weighted by atomic mass is 9.86. The Bertz CT molecular complexity index is 519. The van der Waals surface area contributed by atoms with Crippen LogP contribution >= 0.6 is 11.6 Å². The Morgan fingerprint density at radius 1 is 1.24 bits per heavy atom. The minimum atomic E-state index is -0.590. The molecule has 114 valence electrons. The second-order valence-corrected chi connectivity index (χ2v) is 6.09.